The molecule has 0 saturated carbocycles. The number of hydrogen-bond donors (Lipinski definition) is 1. The minimum absolute atomic E-state index is 0.106. The first-order valence-electron chi connectivity index (χ1n) is 5.63. The third kappa shape index (κ3) is 2.25. The van der Waals surface area contributed by atoms with E-state index >= 15 is 0 Å². The Balaban J connectivity index is 2.24. The molecule has 2 heterocycles. The molecule has 1 aromatic heterocycles. The van der Waals surface area contributed by atoms with E-state index in [1.165, 1.54) is 0 Å². The van der Waals surface area contributed by atoms with Crippen molar-refractivity contribution in [2.75, 3.05) is 11.5 Å². The Bertz CT molecular complexity index is 364. The van der Waals surface area contributed by atoms with Crippen LogP contribution in [0.1, 0.15) is 45.3 Å². The summed E-state index contributed by atoms with van der Waals surface area (Å²) in [6, 6.07) is 0. The predicted octanol–water partition coefficient (Wildman–Crippen LogP) is 2.05. The SMILES string of the molecule is CC(C)(C)c1nc(C2(N)CCSCC2)no1. The number of rotatable bonds is 1. The summed E-state index contributed by atoms with van der Waals surface area (Å²) < 4.78 is 5.30. The van der Waals surface area contributed by atoms with Crippen LogP contribution < -0.4 is 5.73 Å². The maximum absolute atomic E-state index is 6.34. The maximum atomic E-state index is 6.34. The van der Waals surface area contributed by atoms with Crippen LogP contribution in [0, 0.1) is 0 Å². The lowest BCUT2D eigenvalue weighted by atomic mass is 9.92. The van der Waals surface area contributed by atoms with Gasteiger partial charge in [0.25, 0.3) is 0 Å². The summed E-state index contributed by atoms with van der Waals surface area (Å²) >= 11 is 1.94. The summed E-state index contributed by atoms with van der Waals surface area (Å²) in [6.07, 6.45) is 1.86. The van der Waals surface area contributed by atoms with Gasteiger partial charge in [-0.3, -0.25) is 0 Å². The van der Waals surface area contributed by atoms with Crippen LogP contribution in [0.25, 0.3) is 0 Å². The average Bonchev–Trinajstić information content (AvgIpc) is 2.67. The van der Waals surface area contributed by atoms with Gasteiger partial charge in [0.2, 0.25) is 5.89 Å². The second-order valence-corrected chi connectivity index (χ2v) is 6.67. The van der Waals surface area contributed by atoms with Crippen molar-refractivity contribution in [2.24, 2.45) is 5.73 Å². The Kier molecular flexibility index (Phi) is 3.01. The maximum Gasteiger partial charge on any atom is 0.232 e. The smallest absolute Gasteiger partial charge is 0.232 e. The highest BCUT2D eigenvalue weighted by molar-refractivity contribution is 7.99. The van der Waals surface area contributed by atoms with Crippen molar-refractivity contribution in [1.29, 1.82) is 0 Å². The topological polar surface area (TPSA) is 64.9 Å². The highest BCUT2D eigenvalue weighted by atomic mass is 32.2. The summed E-state index contributed by atoms with van der Waals surface area (Å²) in [7, 11) is 0. The molecule has 4 nitrogen and oxygen atoms in total. The summed E-state index contributed by atoms with van der Waals surface area (Å²) in [5, 5.41) is 4.06. The minimum Gasteiger partial charge on any atom is -0.339 e. The first-order valence-corrected chi connectivity index (χ1v) is 6.79. The Hall–Kier alpha value is -0.550. The number of hydrogen-bond acceptors (Lipinski definition) is 5. The molecule has 1 aromatic rings. The third-order valence-electron chi connectivity index (χ3n) is 2.90. The molecule has 5 heteroatoms. The van der Waals surface area contributed by atoms with Gasteiger partial charge in [0.15, 0.2) is 5.82 Å². The molecule has 1 saturated heterocycles. The van der Waals surface area contributed by atoms with Crippen molar-refractivity contribution in [3.8, 4) is 0 Å². The van der Waals surface area contributed by atoms with E-state index in [9.17, 15) is 0 Å². The van der Waals surface area contributed by atoms with Gasteiger partial charge in [-0.15, -0.1) is 0 Å². The Morgan fingerprint density at radius 2 is 1.94 bits per heavy atom. The van der Waals surface area contributed by atoms with Gasteiger partial charge in [-0.2, -0.15) is 16.7 Å². The second-order valence-electron chi connectivity index (χ2n) is 5.44. The zero-order valence-electron chi connectivity index (χ0n) is 10.1. The van der Waals surface area contributed by atoms with Crippen molar-refractivity contribution in [3.05, 3.63) is 11.7 Å². The van der Waals surface area contributed by atoms with Crippen LogP contribution in [0.3, 0.4) is 0 Å². The van der Waals surface area contributed by atoms with Crippen LogP contribution in [0.15, 0.2) is 4.52 Å². The van der Waals surface area contributed by atoms with Crippen LogP contribution in [0.2, 0.25) is 0 Å². The van der Waals surface area contributed by atoms with Crippen molar-refractivity contribution in [2.45, 2.75) is 44.6 Å². The second kappa shape index (κ2) is 4.04. The van der Waals surface area contributed by atoms with E-state index < -0.39 is 0 Å². The van der Waals surface area contributed by atoms with Crippen LogP contribution in [-0.2, 0) is 11.0 Å². The largest absolute Gasteiger partial charge is 0.339 e. The number of aromatic nitrogens is 2. The van der Waals surface area contributed by atoms with E-state index in [-0.39, 0.29) is 11.0 Å². The molecule has 2 rings (SSSR count). The van der Waals surface area contributed by atoms with Crippen LogP contribution in [0.5, 0.6) is 0 Å². The van der Waals surface area contributed by atoms with Gasteiger partial charge in [-0.1, -0.05) is 25.9 Å². The zero-order chi connectivity index (χ0) is 11.8. The molecule has 0 amide bonds. The number of nitrogens with zero attached hydrogens (tertiary/aromatic N) is 2. The van der Waals surface area contributed by atoms with Crippen molar-refractivity contribution >= 4 is 11.8 Å². The molecule has 0 radical (unpaired) electrons. The van der Waals surface area contributed by atoms with Gasteiger partial charge in [-0.25, -0.2) is 0 Å². The Morgan fingerprint density at radius 3 is 2.44 bits per heavy atom. The van der Waals surface area contributed by atoms with Crippen LogP contribution >= 0.6 is 11.8 Å². The molecule has 0 unspecified atom stereocenters. The van der Waals surface area contributed by atoms with Gasteiger partial charge in [0.1, 0.15) is 0 Å². The molecule has 16 heavy (non-hydrogen) atoms. The highest BCUT2D eigenvalue weighted by Crippen LogP contribution is 2.33. The summed E-state index contributed by atoms with van der Waals surface area (Å²) in [4.78, 5) is 4.46. The number of thioether (sulfide) groups is 1. The fourth-order valence-corrected chi connectivity index (χ4v) is 2.91. The monoisotopic (exact) mass is 241 g/mol. The molecule has 0 aromatic carbocycles. The molecule has 1 aliphatic heterocycles. The molecule has 0 spiro atoms. The van der Waals surface area contributed by atoms with Crippen LogP contribution in [-0.4, -0.2) is 21.6 Å². The minimum atomic E-state index is -0.377. The predicted molar refractivity (Wildman–Crippen MR) is 65.4 cm³/mol. The van der Waals surface area contributed by atoms with Gasteiger partial charge >= 0.3 is 0 Å². The van der Waals surface area contributed by atoms with E-state index in [4.69, 9.17) is 10.3 Å². The first-order chi connectivity index (χ1) is 7.42. The molecular weight excluding hydrogens is 222 g/mol. The Morgan fingerprint density at radius 1 is 1.31 bits per heavy atom. The molecule has 0 atom stereocenters. The van der Waals surface area contributed by atoms with Crippen molar-refractivity contribution in [1.82, 2.24) is 10.1 Å². The quantitative estimate of drug-likeness (QED) is 0.815. The fourth-order valence-electron chi connectivity index (χ4n) is 1.69. The molecule has 0 aliphatic carbocycles. The number of nitrogens with two attached hydrogens (primary N) is 1. The molecule has 90 valence electrons. The average molecular weight is 241 g/mol. The lowest BCUT2D eigenvalue weighted by Gasteiger charge is -2.29. The zero-order valence-corrected chi connectivity index (χ0v) is 10.9. The normalized spacial score (nSPS) is 21.0. The molecular formula is C11H19N3OS. The van der Waals surface area contributed by atoms with E-state index in [0.29, 0.717) is 11.7 Å². The lowest BCUT2D eigenvalue weighted by Crippen LogP contribution is -2.41. The van der Waals surface area contributed by atoms with Crippen LogP contribution in [0.4, 0.5) is 0 Å². The third-order valence-corrected chi connectivity index (χ3v) is 3.88. The van der Waals surface area contributed by atoms with E-state index in [1.54, 1.807) is 0 Å². The van der Waals surface area contributed by atoms with Gasteiger partial charge in [0, 0.05) is 5.41 Å². The lowest BCUT2D eigenvalue weighted by molar-refractivity contribution is 0.305. The van der Waals surface area contributed by atoms with E-state index in [1.807, 2.05) is 11.8 Å². The summed E-state index contributed by atoms with van der Waals surface area (Å²) in [5.74, 6) is 3.51. The van der Waals surface area contributed by atoms with Gasteiger partial charge < -0.3 is 10.3 Å². The van der Waals surface area contributed by atoms with Gasteiger partial charge in [0.05, 0.1) is 5.54 Å². The molecule has 1 aliphatic rings. The van der Waals surface area contributed by atoms with E-state index in [2.05, 4.69) is 30.9 Å². The van der Waals surface area contributed by atoms with Crippen molar-refractivity contribution < 1.29 is 4.52 Å². The van der Waals surface area contributed by atoms with Crippen molar-refractivity contribution in [3.63, 3.8) is 0 Å². The molecule has 0 bridgehead atoms. The molecule has 2 N–H and O–H groups in total. The Labute approximate surface area is 100 Å². The summed E-state index contributed by atoms with van der Waals surface area (Å²) in [5.41, 5.74) is 5.86. The summed E-state index contributed by atoms with van der Waals surface area (Å²) in [6.45, 7) is 6.18. The highest BCUT2D eigenvalue weighted by Gasteiger charge is 2.35. The molecule has 1 fully saturated rings. The van der Waals surface area contributed by atoms with Gasteiger partial charge in [-0.05, 0) is 24.3 Å². The standard InChI is InChI=1S/C11H19N3OS/c1-10(2,3)9-13-8(14-15-9)11(12)4-6-16-7-5-11/h4-7,12H2,1-3H3. The first kappa shape index (κ1) is 11.9. The van der Waals surface area contributed by atoms with E-state index in [0.717, 1.165) is 24.3 Å². The fraction of sp³-hybridized carbons (Fsp3) is 0.818.